The maximum absolute atomic E-state index is 12.8. The monoisotopic (exact) mass is 301 g/mol. The number of amides is 1. The van der Waals surface area contributed by atoms with Crippen molar-refractivity contribution in [1.82, 2.24) is 10.2 Å². The maximum atomic E-state index is 12.8. The van der Waals surface area contributed by atoms with E-state index in [1.54, 1.807) is 0 Å². The van der Waals surface area contributed by atoms with Crippen LogP contribution in [0, 0.1) is 0 Å². The summed E-state index contributed by atoms with van der Waals surface area (Å²) in [5.74, 6) is -0.430. The third-order valence-electron chi connectivity index (χ3n) is 3.49. The average Bonchev–Trinajstić information content (AvgIpc) is 2.41. The highest BCUT2D eigenvalue weighted by atomic mass is 19.4. The lowest BCUT2D eigenvalue weighted by molar-refractivity contribution is -0.137. The molecule has 0 aromatic heterocycles. The first-order valence-electron chi connectivity index (χ1n) is 6.79. The molecule has 116 valence electrons. The third kappa shape index (κ3) is 4.18. The molecule has 0 aliphatic carbocycles. The minimum Gasteiger partial charge on any atom is -0.324 e. The van der Waals surface area contributed by atoms with Gasteiger partial charge in [0.2, 0.25) is 5.91 Å². The summed E-state index contributed by atoms with van der Waals surface area (Å²) in [7, 11) is 0. The molecule has 2 rings (SSSR count). The quantitative estimate of drug-likeness (QED) is 0.897. The van der Waals surface area contributed by atoms with Crippen LogP contribution in [0.2, 0.25) is 0 Å². The van der Waals surface area contributed by atoms with Gasteiger partial charge in [0.25, 0.3) is 0 Å². The van der Waals surface area contributed by atoms with Crippen LogP contribution < -0.4 is 10.6 Å². The van der Waals surface area contributed by atoms with E-state index in [9.17, 15) is 18.0 Å². The average molecular weight is 301 g/mol. The van der Waals surface area contributed by atoms with Crippen molar-refractivity contribution >= 4 is 11.6 Å². The van der Waals surface area contributed by atoms with Gasteiger partial charge in [-0.25, -0.2) is 0 Å². The number of hydrogen-bond acceptors (Lipinski definition) is 3. The molecular weight excluding hydrogens is 283 g/mol. The molecule has 1 aliphatic heterocycles. The number of alkyl halides is 3. The van der Waals surface area contributed by atoms with E-state index in [4.69, 9.17) is 0 Å². The lowest BCUT2D eigenvalue weighted by Gasteiger charge is -2.33. The van der Waals surface area contributed by atoms with Crippen molar-refractivity contribution in [3.63, 3.8) is 0 Å². The van der Waals surface area contributed by atoms with Gasteiger partial charge >= 0.3 is 6.18 Å². The topological polar surface area (TPSA) is 44.4 Å². The first-order chi connectivity index (χ1) is 9.88. The molecule has 1 aromatic carbocycles. The molecule has 1 amide bonds. The second-order valence-electron chi connectivity index (χ2n) is 5.12. The van der Waals surface area contributed by atoms with Gasteiger partial charge in [-0.2, -0.15) is 13.2 Å². The number of carbonyl (C=O) groups excluding carboxylic acids is 1. The number of rotatable bonds is 3. The summed E-state index contributed by atoms with van der Waals surface area (Å²) in [6.45, 7) is 4.32. The van der Waals surface area contributed by atoms with E-state index in [1.165, 1.54) is 18.2 Å². The molecular formula is C14H18F3N3O. The summed E-state index contributed by atoms with van der Waals surface area (Å²) in [5.41, 5.74) is -1.02. The van der Waals surface area contributed by atoms with Crippen LogP contribution in [0.25, 0.3) is 0 Å². The Kier molecular flexibility index (Phi) is 4.84. The van der Waals surface area contributed by atoms with E-state index >= 15 is 0 Å². The van der Waals surface area contributed by atoms with Crippen LogP contribution in [-0.2, 0) is 11.0 Å². The third-order valence-corrected chi connectivity index (χ3v) is 3.49. The standard InChI is InChI=1S/C14H18F3N3O/c1-10-8-18-6-7-20(10)9-13(21)19-12-5-3-2-4-11(12)14(15,16)17/h2-5,10,18H,6-9H2,1H3,(H,19,21)/t10-/m1/s1. The van der Waals surface area contributed by atoms with Gasteiger partial charge in [-0.3, -0.25) is 9.69 Å². The highest BCUT2D eigenvalue weighted by molar-refractivity contribution is 5.93. The summed E-state index contributed by atoms with van der Waals surface area (Å²) in [5, 5.41) is 5.56. The number of nitrogens with one attached hydrogen (secondary N) is 2. The van der Waals surface area contributed by atoms with Crippen molar-refractivity contribution in [1.29, 1.82) is 0 Å². The fourth-order valence-corrected chi connectivity index (χ4v) is 2.33. The highest BCUT2D eigenvalue weighted by Crippen LogP contribution is 2.34. The van der Waals surface area contributed by atoms with Crippen molar-refractivity contribution in [2.45, 2.75) is 19.1 Å². The van der Waals surface area contributed by atoms with E-state index < -0.39 is 17.6 Å². The van der Waals surface area contributed by atoms with Gasteiger partial charge in [-0.05, 0) is 19.1 Å². The smallest absolute Gasteiger partial charge is 0.324 e. The van der Waals surface area contributed by atoms with E-state index in [0.717, 1.165) is 19.2 Å². The van der Waals surface area contributed by atoms with Crippen LogP contribution in [0.3, 0.4) is 0 Å². The van der Waals surface area contributed by atoms with Gasteiger partial charge in [-0.1, -0.05) is 12.1 Å². The van der Waals surface area contributed by atoms with Gasteiger partial charge in [0.15, 0.2) is 0 Å². The van der Waals surface area contributed by atoms with Gasteiger partial charge in [0.1, 0.15) is 0 Å². The molecule has 2 N–H and O–H groups in total. The molecule has 0 bridgehead atoms. The van der Waals surface area contributed by atoms with Crippen molar-refractivity contribution in [3.05, 3.63) is 29.8 Å². The Morgan fingerprint density at radius 2 is 2.14 bits per heavy atom. The first kappa shape index (κ1) is 15.8. The Balaban J connectivity index is 2.03. The minimum atomic E-state index is -4.48. The zero-order valence-electron chi connectivity index (χ0n) is 11.7. The number of nitrogens with zero attached hydrogens (tertiary/aromatic N) is 1. The SMILES string of the molecule is C[C@@H]1CNCCN1CC(=O)Nc1ccccc1C(F)(F)F. The van der Waals surface area contributed by atoms with Crippen molar-refractivity contribution in [3.8, 4) is 0 Å². The van der Waals surface area contributed by atoms with Crippen LogP contribution >= 0.6 is 0 Å². The zero-order valence-corrected chi connectivity index (χ0v) is 11.7. The number of hydrogen-bond donors (Lipinski definition) is 2. The summed E-state index contributed by atoms with van der Waals surface area (Å²) >= 11 is 0. The zero-order chi connectivity index (χ0) is 15.5. The van der Waals surface area contributed by atoms with Crippen LogP contribution in [0.15, 0.2) is 24.3 Å². The van der Waals surface area contributed by atoms with Gasteiger partial charge < -0.3 is 10.6 Å². The number of carbonyl (C=O) groups is 1. The van der Waals surface area contributed by atoms with Crippen molar-refractivity contribution in [2.75, 3.05) is 31.5 Å². The van der Waals surface area contributed by atoms with E-state index in [2.05, 4.69) is 10.6 Å². The summed E-state index contributed by atoms with van der Waals surface area (Å²) < 4.78 is 38.5. The fraction of sp³-hybridized carbons (Fsp3) is 0.500. The van der Waals surface area contributed by atoms with Crippen LogP contribution in [-0.4, -0.2) is 43.0 Å². The van der Waals surface area contributed by atoms with E-state index in [1.807, 2.05) is 11.8 Å². The molecule has 4 nitrogen and oxygen atoms in total. The second kappa shape index (κ2) is 6.44. The molecule has 0 saturated carbocycles. The summed E-state index contributed by atoms with van der Waals surface area (Å²) in [6, 6.07) is 5.18. The largest absolute Gasteiger partial charge is 0.418 e. The molecule has 1 atom stereocenters. The predicted octanol–water partition coefficient (Wildman–Crippen LogP) is 1.94. The predicted molar refractivity (Wildman–Crippen MR) is 74.0 cm³/mol. The lowest BCUT2D eigenvalue weighted by Crippen LogP contribution is -2.52. The van der Waals surface area contributed by atoms with E-state index in [0.29, 0.717) is 6.54 Å². The Bertz CT molecular complexity index is 504. The van der Waals surface area contributed by atoms with Crippen LogP contribution in [0.4, 0.5) is 18.9 Å². The van der Waals surface area contributed by atoms with E-state index in [-0.39, 0.29) is 18.3 Å². The van der Waals surface area contributed by atoms with Gasteiger partial charge in [0.05, 0.1) is 17.8 Å². The number of para-hydroxylation sites is 1. The summed E-state index contributed by atoms with van der Waals surface area (Å²) in [4.78, 5) is 13.9. The maximum Gasteiger partial charge on any atom is 0.418 e. The van der Waals surface area contributed by atoms with Crippen LogP contribution in [0.5, 0.6) is 0 Å². The number of benzene rings is 1. The molecule has 1 heterocycles. The summed E-state index contributed by atoms with van der Waals surface area (Å²) in [6.07, 6.45) is -4.48. The molecule has 0 spiro atoms. The molecule has 0 radical (unpaired) electrons. The van der Waals surface area contributed by atoms with Gasteiger partial charge in [-0.15, -0.1) is 0 Å². The Hall–Kier alpha value is -1.60. The normalized spacial score (nSPS) is 20.3. The Labute approximate surface area is 121 Å². The molecule has 1 saturated heterocycles. The molecule has 1 aliphatic rings. The number of halogens is 3. The number of anilines is 1. The molecule has 0 unspecified atom stereocenters. The highest BCUT2D eigenvalue weighted by Gasteiger charge is 2.33. The van der Waals surface area contributed by atoms with Gasteiger partial charge in [0, 0.05) is 25.7 Å². The number of piperazine rings is 1. The fourth-order valence-electron chi connectivity index (χ4n) is 2.33. The van der Waals surface area contributed by atoms with Crippen molar-refractivity contribution in [2.24, 2.45) is 0 Å². The molecule has 21 heavy (non-hydrogen) atoms. The van der Waals surface area contributed by atoms with Crippen LogP contribution in [0.1, 0.15) is 12.5 Å². The van der Waals surface area contributed by atoms with Crippen molar-refractivity contribution < 1.29 is 18.0 Å². The molecule has 1 fully saturated rings. The minimum absolute atomic E-state index is 0.0923. The molecule has 1 aromatic rings. The Morgan fingerprint density at radius 1 is 1.43 bits per heavy atom. The lowest BCUT2D eigenvalue weighted by atomic mass is 10.1. The molecule has 7 heteroatoms. The first-order valence-corrected chi connectivity index (χ1v) is 6.79. The second-order valence-corrected chi connectivity index (χ2v) is 5.12. The Morgan fingerprint density at radius 3 is 2.81 bits per heavy atom.